The van der Waals surface area contributed by atoms with Gasteiger partial charge in [-0.15, -0.1) is 0 Å². The Labute approximate surface area is 380 Å². The second-order valence-corrected chi connectivity index (χ2v) is 19.6. The summed E-state index contributed by atoms with van der Waals surface area (Å²) < 4.78 is 16.9. The van der Waals surface area contributed by atoms with E-state index in [9.17, 15) is 14.4 Å². The number of hydrogen-bond acceptors (Lipinski definition) is 6. The summed E-state index contributed by atoms with van der Waals surface area (Å²) in [5, 5.41) is 0. The predicted octanol–water partition coefficient (Wildman–Crippen LogP) is 17.7. The Morgan fingerprint density at radius 2 is 0.623 bits per heavy atom. The lowest BCUT2D eigenvalue weighted by molar-refractivity contribution is -0.167. The first kappa shape index (κ1) is 59.4. The summed E-state index contributed by atoms with van der Waals surface area (Å²) >= 11 is 0. The van der Waals surface area contributed by atoms with E-state index in [2.05, 4.69) is 34.6 Å². The molecule has 0 bridgehead atoms. The van der Waals surface area contributed by atoms with Gasteiger partial charge in [-0.1, -0.05) is 266 Å². The van der Waals surface area contributed by atoms with Gasteiger partial charge in [0, 0.05) is 19.3 Å². The van der Waals surface area contributed by atoms with E-state index in [-0.39, 0.29) is 31.1 Å². The average molecular weight is 863 g/mol. The zero-order chi connectivity index (χ0) is 44.7. The van der Waals surface area contributed by atoms with Crippen molar-refractivity contribution in [2.75, 3.05) is 13.2 Å². The number of esters is 3. The number of rotatable bonds is 49. The molecule has 0 aliphatic rings. The second kappa shape index (κ2) is 47.9. The van der Waals surface area contributed by atoms with E-state index in [0.29, 0.717) is 19.3 Å². The molecule has 0 aromatic rings. The number of carbonyl (C=O) groups excluding carboxylic acids is 3. The molecule has 6 heteroatoms. The number of carbonyl (C=O) groups is 3. The quantitative estimate of drug-likeness (QED) is 0.0344. The number of hydrogen-bond donors (Lipinski definition) is 0. The summed E-state index contributed by atoms with van der Waals surface area (Å²) in [4.78, 5) is 38.0. The van der Waals surface area contributed by atoms with Crippen LogP contribution in [0.1, 0.15) is 304 Å². The minimum Gasteiger partial charge on any atom is -0.462 e. The molecule has 362 valence electrons. The summed E-state index contributed by atoms with van der Waals surface area (Å²) in [6.45, 7) is 11.4. The van der Waals surface area contributed by atoms with Gasteiger partial charge >= 0.3 is 17.9 Å². The summed E-state index contributed by atoms with van der Waals surface area (Å²) in [6.07, 6.45) is 49.4. The van der Waals surface area contributed by atoms with Crippen molar-refractivity contribution < 1.29 is 28.6 Å². The Bertz CT molecular complexity index is 933. The van der Waals surface area contributed by atoms with Crippen molar-refractivity contribution >= 4 is 17.9 Å². The number of ether oxygens (including phenoxy) is 3. The monoisotopic (exact) mass is 863 g/mol. The molecule has 0 fully saturated rings. The Morgan fingerprint density at radius 3 is 0.934 bits per heavy atom. The molecule has 0 spiro atoms. The lowest BCUT2D eigenvalue weighted by Crippen LogP contribution is -2.30. The molecule has 0 aliphatic heterocycles. The predicted molar refractivity (Wildman–Crippen MR) is 261 cm³/mol. The molecule has 0 heterocycles. The van der Waals surface area contributed by atoms with Crippen LogP contribution in [0.4, 0.5) is 0 Å². The van der Waals surface area contributed by atoms with Crippen LogP contribution in [0, 0.1) is 11.8 Å². The normalized spacial score (nSPS) is 12.5. The van der Waals surface area contributed by atoms with Crippen LogP contribution < -0.4 is 0 Å². The van der Waals surface area contributed by atoms with Gasteiger partial charge in [0.05, 0.1) is 0 Å². The molecule has 0 aromatic carbocycles. The zero-order valence-corrected chi connectivity index (χ0v) is 41.8. The second-order valence-electron chi connectivity index (χ2n) is 19.6. The van der Waals surface area contributed by atoms with Crippen molar-refractivity contribution in [2.24, 2.45) is 11.8 Å². The summed E-state index contributed by atoms with van der Waals surface area (Å²) in [7, 11) is 0. The molecule has 2 atom stereocenters. The van der Waals surface area contributed by atoms with Crippen LogP contribution in [0.5, 0.6) is 0 Å². The van der Waals surface area contributed by atoms with Gasteiger partial charge in [0.1, 0.15) is 13.2 Å². The molecule has 0 N–H and O–H groups in total. The molecular weight excluding hydrogens is 757 g/mol. The Kier molecular flexibility index (Phi) is 46.6. The maximum absolute atomic E-state index is 12.8. The van der Waals surface area contributed by atoms with E-state index in [1.54, 1.807) is 0 Å². The van der Waals surface area contributed by atoms with E-state index in [4.69, 9.17) is 14.2 Å². The van der Waals surface area contributed by atoms with Crippen LogP contribution >= 0.6 is 0 Å². The third-order valence-electron chi connectivity index (χ3n) is 12.8. The highest BCUT2D eigenvalue weighted by Gasteiger charge is 2.19. The highest BCUT2D eigenvalue weighted by Crippen LogP contribution is 2.18. The molecule has 61 heavy (non-hydrogen) atoms. The Hall–Kier alpha value is -1.59. The van der Waals surface area contributed by atoms with Gasteiger partial charge in [0.25, 0.3) is 0 Å². The molecule has 6 nitrogen and oxygen atoms in total. The third kappa shape index (κ3) is 47.7. The van der Waals surface area contributed by atoms with Gasteiger partial charge < -0.3 is 14.2 Å². The van der Waals surface area contributed by atoms with Crippen molar-refractivity contribution in [3.05, 3.63) is 0 Å². The van der Waals surface area contributed by atoms with Crippen molar-refractivity contribution in [1.82, 2.24) is 0 Å². The van der Waals surface area contributed by atoms with Crippen molar-refractivity contribution in [3.63, 3.8) is 0 Å². The van der Waals surface area contributed by atoms with Crippen molar-refractivity contribution in [1.29, 1.82) is 0 Å². The first-order valence-corrected chi connectivity index (χ1v) is 27.3. The maximum atomic E-state index is 12.8. The van der Waals surface area contributed by atoms with Gasteiger partial charge in [0.2, 0.25) is 0 Å². The highest BCUT2D eigenvalue weighted by molar-refractivity contribution is 5.71. The minimum atomic E-state index is -0.762. The summed E-state index contributed by atoms with van der Waals surface area (Å²) in [6, 6.07) is 0. The van der Waals surface area contributed by atoms with E-state index < -0.39 is 6.10 Å². The van der Waals surface area contributed by atoms with E-state index >= 15 is 0 Å². The first-order chi connectivity index (χ1) is 29.8. The largest absolute Gasteiger partial charge is 0.462 e. The zero-order valence-electron chi connectivity index (χ0n) is 41.8. The summed E-state index contributed by atoms with van der Waals surface area (Å²) in [5.41, 5.74) is 0. The van der Waals surface area contributed by atoms with Crippen LogP contribution in [0.2, 0.25) is 0 Å². The van der Waals surface area contributed by atoms with Gasteiger partial charge in [0.15, 0.2) is 6.10 Å². The highest BCUT2D eigenvalue weighted by atomic mass is 16.6. The van der Waals surface area contributed by atoms with E-state index in [0.717, 1.165) is 69.6 Å². The Morgan fingerprint density at radius 1 is 0.344 bits per heavy atom. The molecule has 0 rings (SSSR count). The smallest absolute Gasteiger partial charge is 0.306 e. The van der Waals surface area contributed by atoms with Gasteiger partial charge in [-0.3, -0.25) is 14.4 Å². The van der Waals surface area contributed by atoms with E-state index in [1.165, 1.54) is 193 Å². The SMILES string of the molecule is CCCCCCCCCCCCCCCCCC(=O)O[C@H](COC(=O)CCCCCCCCCCCCCC(C)C)COC(=O)CCCCCCCCCCCCC(C)CC. The van der Waals surface area contributed by atoms with Crippen LogP contribution in [0.15, 0.2) is 0 Å². The maximum Gasteiger partial charge on any atom is 0.306 e. The molecule has 0 amide bonds. The van der Waals surface area contributed by atoms with Gasteiger partial charge in [-0.25, -0.2) is 0 Å². The van der Waals surface area contributed by atoms with Crippen LogP contribution in [-0.2, 0) is 28.6 Å². The third-order valence-corrected chi connectivity index (χ3v) is 12.8. The van der Waals surface area contributed by atoms with E-state index in [1.807, 2.05) is 0 Å². The van der Waals surface area contributed by atoms with Crippen LogP contribution in [0.3, 0.4) is 0 Å². The molecule has 0 saturated carbocycles. The fraction of sp³-hybridized carbons (Fsp3) is 0.945. The fourth-order valence-corrected chi connectivity index (χ4v) is 8.31. The topological polar surface area (TPSA) is 78.9 Å². The van der Waals surface area contributed by atoms with Gasteiger partial charge in [-0.05, 0) is 31.1 Å². The Balaban J connectivity index is 4.32. The van der Waals surface area contributed by atoms with Crippen LogP contribution in [-0.4, -0.2) is 37.2 Å². The number of unbranched alkanes of at least 4 members (excludes halogenated alkanes) is 33. The minimum absolute atomic E-state index is 0.0634. The molecule has 0 aromatic heterocycles. The van der Waals surface area contributed by atoms with Crippen molar-refractivity contribution in [2.45, 2.75) is 310 Å². The average Bonchev–Trinajstić information content (AvgIpc) is 3.24. The summed E-state index contributed by atoms with van der Waals surface area (Å²) in [5.74, 6) is 0.852. The standard InChI is InChI=1S/C55H106O6/c1-6-8-9-10-11-12-13-14-15-16-19-27-32-37-42-47-55(58)61-52(48-59-53(56)45-40-35-30-25-20-17-18-23-28-33-38-43-50(3)4)49-60-54(57)46-41-36-31-26-22-21-24-29-34-39-44-51(5)7-2/h50-52H,6-49H2,1-5H3/t51?,52-/m1/s1. The molecule has 1 unspecified atom stereocenters. The molecule has 0 radical (unpaired) electrons. The molecule has 0 aliphatic carbocycles. The lowest BCUT2D eigenvalue weighted by Gasteiger charge is -2.18. The molecular formula is C55H106O6. The fourth-order valence-electron chi connectivity index (χ4n) is 8.31. The van der Waals surface area contributed by atoms with Gasteiger partial charge in [-0.2, -0.15) is 0 Å². The lowest BCUT2D eigenvalue weighted by atomic mass is 9.99. The van der Waals surface area contributed by atoms with Crippen LogP contribution in [0.25, 0.3) is 0 Å². The van der Waals surface area contributed by atoms with Crippen molar-refractivity contribution in [3.8, 4) is 0 Å². The first-order valence-electron chi connectivity index (χ1n) is 27.3. The molecule has 0 saturated heterocycles.